The van der Waals surface area contributed by atoms with Gasteiger partial charge in [-0.05, 0) is 125 Å². The fourth-order valence-electron chi connectivity index (χ4n) is 13.9. The van der Waals surface area contributed by atoms with Crippen LogP contribution in [0.25, 0.3) is 0 Å². The molecule has 9 saturated carbocycles. The number of hydrogen-bond acceptors (Lipinski definition) is 1. The number of fused-ring (bicyclic) bond motifs is 6. The minimum atomic E-state index is -0.833. The fraction of sp³-hybridized carbons (Fsp3) is 0.969. The summed E-state index contributed by atoms with van der Waals surface area (Å²) in [4.78, 5) is 9.00. The molecule has 0 aromatic heterocycles. The molecule has 0 aromatic carbocycles. The molecule has 0 spiro atoms. The fourth-order valence-corrected chi connectivity index (χ4v) is 13.9. The molecule has 0 heterocycles. The monoisotopic (exact) mass is 470 g/mol. The van der Waals surface area contributed by atoms with Crippen LogP contribution in [0.2, 0.25) is 0 Å². The van der Waals surface area contributed by atoms with E-state index >= 15 is 0 Å². The van der Waals surface area contributed by atoms with Crippen LogP contribution >= 0.6 is 0 Å². The van der Waals surface area contributed by atoms with Crippen molar-refractivity contribution in [1.82, 2.24) is 0 Å². The molecule has 0 aliphatic heterocycles. The van der Waals surface area contributed by atoms with E-state index in [4.69, 9.17) is 9.90 Å². The van der Waals surface area contributed by atoms with Crippen LogP contribution < -0.4 is 0 Å². The molecule has 0 aromatic rings. The number of rotatable bonds is 2. The van der Waals surface area contributed by atoms with Crippen LogP contribution in [0.5, 0.6) is 0 Å². The molecular formula is C32H54O2. The molecule has 2 heteroatoms. The maximum Gasteiger partial charge on any atom is 0.300 e. The van der Waals surface area contributed by atoms with Gasteiger partial charge >= 0.3 is 0 Å². The van der Waals surface area contributed by atoms with Crippen LogP contribution in [0.15, 0.2) is 0 Å². The summed E-state index contributed by atoms with van der Waals surface area (Å²) < 4.78 is 0. The molecule has 0 saturated heterocycles. The minimum Gasteiger partial charge on any atom is -0.481 e. The Hall–Kier alpha value is -0.530. The Kier molecular flexibility index (Phi) is 5.07. The van der Waals surface area contributed by atoms with Gasteiger partial charge in [0.25, 0.3) is 5.97 Å². The minimum absolute atomic E-state index is 0.506. The molecule has 1 N–H and O–H groups in total. The van der Waals surface area contributed by atoms with Gasteiger partial charge in [-0.15, -0.1) is 0 Å². The van der Waals surface area contributed by atoms with Gasteiger partial charge in [-0.1, -0.05) is 62.3 Å². The van der Waals surface area contributed by atoms with Gasteiger partial charge in [-0.3, -0.25) is 4.79 Å². The van der Waals surface area contributed by atoms with E-state index in [2.05, 4.69) is 62.3 Å². The van der Waals surface area contributed by atoms with Gasteiger partial charge in [-0.25, -0.2) is 0 Å². The summed E-state index contributed by atoms with van der Waals surface area (Å²) in [5.74, 6) is 3.95. The van der Waals surface area contributed by atoms with Crippen LogP contribution in [-0.4, -0.2) is 11.1 Å². The average molecular weight is 471 g/mol. The highest BCUT2D eigenvalue weighted by Gasteiger charge is 2.88. The number of carboxylic acids is 1. The highest BCUT2D eigenvalue weighted by molar-refractivity contribution is 5.62. The summed E-state index contributed by atoms with van der Waals surface area (Å²) in [6.45, 7) is 25.7. The van der Waals surface area contributed by atoms with Crippen LogP contribution in [0.4, 0.5) is 0 Å². The van der Waals surface area contributed by atoms with Crippen LogP contribution in [-0.2, 0) is 4.79 Å². The Morgan fingerprint density at radius 1 is 0.647 bits per heavy atom. The summed E-state index contributed by atoms with van der Waals surface area (Å²) in [5.41, 5.74) is 3.78. The largest absolute Gasteiger partial charge is 0.481 e. The standard InChI is InChI=1S/C30H50.C2H4O2/c1-19-10-12-21-16-28(19,24(21,3)4)27(9)15-14-23-18-30(27,26(23,7)8)29-17-22(25(29,5)6)13-11-20(29)2;1-2(3)4/h19-23H,10-18H2,1-9H3;1H3,(H,3,4). The third-order valence-electron chi connectivity index (χ3n) is 15.4. The molecule has 9 atom stereocenters. The summed E-state index contributed by atoms with van der Waals surface area (Å²) >= 11 is 0. The van der Waals surface area contributed by atoms with Gasteiger partial charge in [0.1, 0.15) is 0 Å². The first-order valence-corrected chi connectivity index (χ1v) is 14.7. The van der Waals surface area contributed by atoms with E-state index < -0.39 is 5.97 Å². The molecule has 2 nitrogen and oxygen atoms in total. The van der Waals surface area contributed by atoms with E-state index in [0.29, 0.717) is 37.9 Å². The Balaban J connectivity index is 0.000000560. The normalized spacial score (nSPS) is 54.8. The van der Waals surface area contributed by atoms with Crippen molar-refractivity contribution < 1.29 is 9.90 Å². The number of carboxylic acid groups (broad SMARTS) is 1. The van der Waals surface area contributed by atoms with E-state index in [-0.39, 0.29) is 0 Å². The van der Waals surface area contributed by atoms with E-state index in [1.165, 1.54) is 38.5 Å². The molecule has 9 unspecified atom stereocenters. The molecular weight excluding hydrogens is 416 g/mol. The lowest BCUT2D eigenvalue weighted by atomic mass is 9.12. The average Bonchev–Trinajstić information content (AvgIpc) is 2.72. The predicted octanol–water partition coefficient (Wildman–Crippen LogP) is 8.83. The van der Waals surface area contributed by atoms with Crippen molar-refractivity contribution in [3.63, 3.8) is 0 Å². The summed E-state index contributed by atoms with van der Waals surface area (Å²) in [6.07, 6.45) is 13.7. The van der Waals surface area contributed by atoms with Crippen molar-refractivity contribution in [2.45, 2.75) is 127 Å². The molecule has 34 heavy (non-hydrogen) atoms. The number of hydrogen-bond donors (Lipinski definition) is 1. The lowest BCUT2D eigenvalue weighted by Gasteiger charge is -2.92. The van der Waals surface area contributed by atoms with Gasteiger partial charge in [-0.2, -0.15) is 0 Å². The van der Waals surface area contributed by atoms with Gasteiger partial charge in [0, 0.05) is 6.92 Å². The van der Waals surface area contributed by atoms with E-state index in [9.17, 15) is 0 Å². The third-order valence-corrected chi connectivity index (χ3v) is 15.4. The van der Waals surface area contributed by atoms with Crippen molar-refractivity contribution in [3.8, 4) is 0 Å². The van der Waals surface area contributed by atoms with Gasteiger partial charge < -0.3 is 5.11 Å². The quantitative estimate of drug-likeness (QED) is 0.437. The van der Waals surface area contributed by atoms with Crippen LogP contribution in [0.1, 0.15) is 127 Å². The first-order chi connectivity index (χ1) is 15.5. The topological polar surface area (TPSA) is 37.3 Å². The van der Waals surface area contributed by atoms with Crippen molar-refractivity contribution in [3.05, 3.63) is 0 Å². The second-order valence-corrected chi connectivity index (χ2v) is 16.1. The molecule has 9 aliphatic carbocycles. The summed E-state index contributed by atoms with van der Waals surface area (Å²) in [7, 11) is 0. The zero-order chi connectivity index (χ0) is 25.3. The molecule has 6 bridgehead atoms. The lowest BCUT2D eigenvalue weighted by molar-refractivity contribution is -0.441. The molecule has 9 rings (SSSR count). The highest BCUT2D eigenvalue weighted by Crippen LogP contribution is 2.94. The smallest absolute Gasteiger partial charge is 0.300 e. The molecule has 0 amide bonds. The molecule has 194 valence electrons. The zero-order valence-electron chi connectivity index (χ0n) is 24.1. The highest BCUT2D eigenvalue weighted by atomic mass is 16.4. The number of carbonyl (C=O) groups is 1. The number of aliphatic carboxylic acids is 1. The Morgan fingerprint density at radius 2 is 1.06 bits per heavy atom. The lowest BCUT2D eigenvalue weighted by Crippen LogP contribution is -2.86. The Morgan fingerprint density at radius 3 is 1.44 bits per heavy atom. The van der Waals surface area contributed by atoms with Gasteiger partial charge in [0.15, 0.2) is 0 Å². The second-order valence-electron chi connectivity index (χ2n) is 16.1. The van der Waals surface area contributed by atoms with E-state index in [1.54, 1.807) is 19.3 Å². The van der Waals surface area contributed by atoms with E-state index in [0.717, 1.165) is 36.5 Å². The Bertz CT molecular complexity index is 879. The first-order valence-electron chi connectivity index (χ1n) is 14.7. The first kappa shape index (κ1) is 25.1. The van der Waals surface area contributed by atoms with Crippen LogP contribution in [0, 0.1) is 67.5 Å². The van der Waals surface area contributed by atoms with Crippen molar-refractivity contribution in [2.75, 3.05) is 0 Å². The predicted molar refractivity (Wildman–Crippen MR) is 140 cm³/mol. The SMILES string of the molecule is CC(=O)O.CC1CCC2CC1(C1(C)CCC3CC1(C14CC(CCC1C)C4(C)C)C3(C)C)C2(C)C. The van der Waals surface area contributed by atoms with Crippen molar-refractivity contribution in [1.29, 1.82) is 0 Å². The maximum atomic E-state index is 9.00. The molecule has 9 fully saturated rings. The maximum absolute atomic E-state index is 9.00. The molecule has 0 radical (unpaired) electrons. The van der Waals surface area contributed by atoms with Crippen molar-refractivity contribution in [2.24, 2.45) is 67.5 Å². The van der Waals surface area contributed by atoms with Crippen molar-refractivity contribution >= 4 is 5.97 Å². The second kappa shape index (κ2) is 6.86. The summed E-state index contributed by atoms with van der Waals surface area (Å²) in [5, 5.41) is 7.42. The van der Waals surface area contributed by atoms with E-state index in [1.807, 2.05) is 0 Å². The van der Waals surface area contributed by atoms with Crippen LogP contribution in [0.3, 0.4) is 0 Å². The third kappa shape index (κ3) is 2.23. The van der Waals surface area contributed by atoms with Gasteiger partial charge in [0.2, 0.25) is 0 Å². The zero-order valence-corrected chi connectivity index (χ0v) is 24.1. The molecule has 9 aliphatic rings. The van der Waals surface area contributed by atoms with Gasteiger partial charge in [0.05, 0.1) is 0 Å². The summed E-state index contributed by atoms with van der Waals surface area (Å²) in [6, 6.07) is 0. The Labute approximate surface area is 210 Å².